The van der Waals surface area contributed by atoms with Crippen LogP contribution in [-0.4, -0.2) is 27.0 Å². The highest BCUT2D eigenvalue weighted by Gasteiger charge is 2.10. The van der Waals surface area contributed by atoms with E-state index in [1.54, 1.807) is 6.20 Å². The van der Waals surface area contributed by atoms with Crippen LogP contribution in [0.4, 0.5) is 5.13 Å². The Kier molecular flexibility index (Phi) is 3.77. The zero-order valence-corrected chi connectivity index (χ0v) is 10.1. The van der Waals surface area contributed by atoms with Gasteiger partial charge in [0.1, 0.15) is 4.88 Å². The summed E-state index contributed by atoms with van der Waals surface area (Å²) < 4.78 is 3.61. The van der Waals surface area contributed by atoms with Crippen molar-refractivity contribution >= 4 is 33.9 Å². The van der Waals surface area contributed by atoms with E-state index in [0.29, 0.717) is 16.6 Å². The number of anilines is 1. The number of aromatic nitrogens is 3. The van der Waals surface area contributed by atoms with Gasteiger partial charge in [-0.25, -0.2) is 4.98 Å². The molecule has 2 rings (SSSR count). The van der Waals surface area contributed by atoms with E-state index >= 15 is 0 Å². The molecule has 0 fully saturated rings. The standard InChI is InChI=1S/C9H7N5OS2/c10-3-1-2-6-4-11-9(16-6)13-8(15)7-5-12-14-17-7/h4-5H,3,10H2,(H,11,13,15). The van der Waals surface area contributed by atoms with Gasteiger partial charge in [-0.3, -0.25) is 10.1 Å². The molecule has 2 aromatic heterocycles. The second-order valence-corrected chi connectivity index (χ2v) is 4.59. The first kappa shape index (κ1) is 11.7. The molecule has 0 radical (unpaired) electrons. The number of nitrogens with zero attached hydrogens (tertiary/aromatic N) is 3. The van der Waals surface area contributed by atoms with Crippen LogP contribution in [0.3, 0.4) is 0 Å². The van der Waals surface area contributed by atoms with E-state index in [9.17, 15) is 4.79 Å². The monoisotopic (exact) mass is 265 g/mol. The third-order valence-corrected chi connectivity index (χ3v) is 3.12. The summed E-state index contributed by atoms with van der Waals surface area (Å²) >= 11 is 2.32. The number of amides is 1. The molecule has 0 saturated carbocycles. The van der Waals surface area contributed by atoms with Gasteiger partial charge in [-0.2, -0.15) is 0 Å². The highest BCUT2D eigenvalue weighted by atomic mass is 32.1. The first-order chi connectivity index (χ1) is 8.29. The molecule has 0 bridgehead atoms. The van der Waals surface area contributed by atoms with Gasteiger partial charge in [0.05, 0.1) is 23.8 Å². The molecule has 0 unspecified atom stereocenters. The highest BCUT2D eigenvalue weighted by Crippen LogP contribution is 2.18. The molecular formula is C9H7N5OS2. The Labute approximate surface area is 105 Å². The summed E-state index contributed by atoms with van der Waals surface area (Å²) in [6, 6.07) is 0. The summed E-state index contributed by atoms with van der Waals surface area (Å²) in [5.74, 6) is 5.29. The SMILES string of the molecule is NCC#Cc1cnc(NC(=O)c2cnns2)s1. The molecule has 0 aliphatic carbocycles. The van der Waals surface area contributed by atoms with Gasteiger partial charge in [-0.15, -0.1) is 5.10 Å². The summed E-state index contributed by atoms with van der Waals surface area (Å²) in [7, 11) is 0. The number of nitrogens with two attached hydrogens (primary N) is 1. The van der Waals surface area contributed by atoms with E-state index in [1.165, 1.54) is 17.5 Å². The number of nitrogens with one attached hydrogen (secondary N) is 1. The van der Waals surface area contributed by atoms with Crippen molar-refractivity contribution in [2.45, 2.75) is 0 Å². The van der Waals surface area contributed by atoms with Gasteiger partial charge in [-0.1, -0.05) is 27.7 Å². The van der Waals surface area contributed by atoms with Crippen LogP contribution >= 0.6 is 22.9 Å². The summed E-state index contributed by atoms with van der Waals surface area (Å²) in [5.41, 5.74) is 5.26. The van der Waals surface area contributed by atoms with Crippen LogP contribution in [0.5, 0.6) is 0 Å². The van der Waals surface area contributed by atoms with Crippen molar-refractivity contribution in [1.29, 1.82) is 0 Å². The third kappa shape index (κ3) is 3.07. The number of hydrogen-bond acceptors (Lipinski definition) is 7. The van der Waals surface area contributed by atoms with Crippen molar-refractivity contribution in [2.75, 3.05) is 11.9 Å². The van der Waals surface area contributed by atoms with Crippen LogP contribution in [0.25, 0.3) is 0 Å². The van der Waals surface area contributed by atoms with E-state index < -0.39 is 0 Å². The molecule has 8 heteroatoms. The molecule has 2 aromatic rings. The van der Waals surface area contributed by atoms with Gasteiger partial charge in [0.2, 0.25) is 0 Å². The van der Waals surface area contributed by atoms with Crippen LogP contribution in [0.15, 0.2) is 12.4 Å². The first-order valence-electron chi connectivity index (χ1n) is 4.53. The van der Waals surface area contributed by atoms with Crippen molar-refractivity contribution in [2.24, 2.45) is 5.73 Å². The molecule has 0 aliphatic rings. The topological polar surface area (TPSA) is 93.8 Å². The predicted molar refractivity (Wildman–Crippen MR) is 65.9 cm³/mol. The molecule has 0 atom stereocenters. The Morgan fingerprint density at radius 1 is 1.53 bits per heavy atom. The highest BCUT2D eigenvalue weighted by molar-refractivity contribution is 7.16. The maximum atomic E-state index is 11.6. The van der Waals surface area contributed by atoms with E-state index in [0.717, 1.165) is 16.4 Å². The maximum absolute atomic E-state index is 11.6. The molecule has 2 heterocycles. The molecule has 0 spiro atoms. The Hall–Kier alpha value is -1.82. The Balaban J connectivity index is 2.04. The maximum Gasteiger partial charge on any atom is 0.270 e. The smallest absolute Gasteiger partial charge is 0.270 e. The summed E-state index contributed by atoms with van der Waals surface area (Å²) in [4.78, 5) is 16.9. The number of thiazole rings is 1. The summed E-state index contributed by atoms with van der Waals surface area (Å²) in [6.07, 6.45) is 3.00. The molecule has 0 aromatic carbocycles. The van der Waals surface area contributed by atoms with Crippen molar-refractivity contribution in [1.82, 2.24) is 14.6 Å². The lowest BCUT2D eigenvalue weighted by Crippen LogP contribution is -2.09. The number of rotatable bonds is 2. The van der Waals surface area contributed by atoms with Crippen LogP contribution < -0.4 is 11.1 Å². The van der Waals surface area contributed by atoms with Gasteiger partial charge >= 0.3 is 0 Å². The minimum absolute atomic E-state index is 0.271. The summed E-state index contributed by atoms with van der Waals surface area (Å²) in [6.45, 7) is 0.298. The predicted octanol–water partition coefficient (Wildman–Crippen LogP) is 0.557. The van der Waals surface area contributed by atoms with Gasteiger partial charge in [0.15, 0.2) is 5.13 Å². The van der Waals surface area contributed by atoms with E-state index in [1.807, 2.05) is 0 Å². The molecule has 3 N–H and O–H groups in total. The van der Waals surface area contributed by atoms with Gasteiger partial charge < -0.3 is 5.73 Å². The molecule has 17 heavy (non-hydrogen) atoms. The fourth-order valence-electron chi connectivity index (χ4n) is 0.954. The number of hydrogen-bond donors (Lipinski definition) is 2. The minimum atomic E-state index is -0.271. The molecule has 0 aliphatic heterocycles. The minimum Gasteiger partial charge on any atom is -0.320 e. The average molecular weight is 265 g/mol. The lowest BCUT2D eigenvalue weighted by Gasteiger charge is -1.95. The van der Waals surface area contributed by atoms with Crippen LogP contribution in [-0.2, 0) is 0 Å². The van der Waals surface area contributed by atoms with Gasteiger partial charge in [0, 0.05) is 0 Å². The van der Waals surface area contributed by atoms with Crippen LogP contribution in [0, 0.1) is 11.8 Å². The third-order valence-electron chi connectivity index (χ3n) is 1.62. The molecule has 1 amide bonds. The second-order valence-electron chi connectivity index (χ2n) is 2.77. The van der Waals surface area contributed by atoms with Gasteiger partial charge in [0.25, 0.3) is 5.91 Å². The van der Waals surface area contributed by atoms with Crippen molar-refractivity contribution in [3.63, 3.8) is 0 Å². The lowest BCUT2D eigenvalue weighted by molar-refractivity contribution is 0.103. The van der Waals surface area contributed by atoms with E-state index in [2.05, 4.69) is 31.7 Å². The fourth-order valence-corrected chi connectivity index (χ4v) is 2.05. The van der Waals surface area contributed by atoms with Crippen LogP contribution in [0.1, 0.15) is 14.5 Å². The zero-order chi connectivity index (χ0) is 12.1. The number of carbonyl (C=O) groups is 1. The Bertz CT molecular complexity index is 566. The fraction of sp³-hybridized carbons (Fsp3) is 0.111. The molecular weight excluding hydrogens is 258 g/mol. The van der Waals surface area contributed by atoms with Crippen molar-refractivity contribution in [3.8, 4) is 11.8 Å². The van der Waals surface area contributed by atoms with Crippen LogP contribution in [0.2, 0.25) is 0 Å². The zero-order valence-electron chi connectivity index (χ0n) is 8.51. The van der Waals surface area contributed by atoms with E-state index in [4.69, 9.17) is 5.73 Å². The largest absolute Gasteiger partial charge is 0.320 e. The Morgan fingerprint density at radius 2 is 2.41 bits per heavy atom. The molecule has 6 nitrogen and oxygen atoms in total. The van der Waals surface area contributed by atoms with Crippen molar-refractivity contribution in [3.05, 3.63) is 22.1 Å². The quantitative estimate of drug-likeness (QED) is 0.774. The average Bonchev–Trinajstić information content (AvgIpc) is 2.97. The van der Waals surface area contributed by atoms with Crippen molar-refractivity contribution < 1.29 is 4.79 Å². The molecule has 0 saturated heterocycles. The summed E-state index contributed by atoms with van der Waals surface area (Å²) in [5, 5.41) is 6.72. The molecule has 86 valence electrons. The normalized spacial score (nSPS) is 9.47. The van der Waals surface area contributed by atoms with E-state index in [-0.39, 0.29) is 5.91 Å². The number of carbonyl (C=O) groups excluding carboxylic acids is 1. The lowest BCUT2D eigenvalue weighted by atomic mass is 10.5. The first-order valence-corrected chi connectivity index (χ1v) is 6.12. The van der Waals surface area contributed by atoms with Gasteiger partial charge in [-0.05, 0) is 11.5 Å². The second kappa shape index (κ2) is 5.49. The Morgan fingerprint density at radius 3 is 3.12 bits per heavy atom.